The topological polar surface area (TPSA) is 113 Å². The molecule has 0 spiro atoms. The monoisotopic (exact) mass is 423 g/mol. The molecule has 0 aliphatic carbocycles. The van der Waals surface area contributed by atoms with Gasteiger partial charge in [0.25, 0.3) is 0 Å². The number of nitrogens with zero attached hydrogens (tertiary/aromatic N) is 4. The van der Waals surface area contributed by atoms with Gasteiger partial charge in [0.1, 0.15) is 11.8 Å². The number of carbonyl (C=O) groups is 2. The first-order valence-corrected chi connectivity index (χ1v) is 10.2. The molecule has 9 heteroatoms. The van der Waals surface area contributed by atoms with Gasteiger partial charge in [0, 0.05) is 38.8 Å². The van der Waals surface area contributed by atoms with Crippen molar-refractivity contribution in [2.45, 2.75) is 38.5 Å². The number of rotatable bonds is 6. The van der Waals surface area contributed by atoms with E-state index >= 15 is 0 Å². The molecule has 3 heterocycles. The fourth-order valence-corrected chi connectivity index (χ4v) is 3.85. The van der Waals surface area contributed by atoms with Gasteiger partial charge in [0.15, 0.2) is 0 Å². The standard InChI is InChI=1S/C22H25N5O4/c1-14-9-18(31-25-14)11-21(29)27-13-17(28)10-20(27)22(30)23-12-15-3-5-16(6-4-15)19-7-8-24-26(19)2/h3-9,17,20,28H,10-13H2,1-2H3,(H,23,30)/t17-,20+/m1/s1. The number of aliphatic hydroxyl groups excluding tert-OH is 1. The molecular weight excluding hydrogens is 398 g/mol. The summed E-state index contributed by atoms with van der Waals surface area (Å²) in [5.74, 6) is -0.112. The molecule has 2 atom stereocenters. The van der Waals surface area contributed by atoms with Gasteiger partial charge in [-0.15, -0.1) is 0 Å². The molecule has 4 rings (SSSR count). The zero-order valence-corrected chi connectivity index (χ0v) is 17.5. The highest BCUT2D eigenvalue weighted by molar-refractivity contribution is 5.89. The van der Waals surface area contributed by atoms with E-state index in [0.717, 1.165) is 16.8 Å². The fourth-order valence-electron chi connectivity index (χ4n) is 3.85. The number of benzene rings is 1. The van der Waals surface area contributed by atoms with Gasteiger partial charge in [0.2, 0.25) is 11.8 Å². The normalized spacial score (nSPS) is 18.4. The van der Waals surface area contributed by atoms with Crippen molar-refractivity contribution in [3.05, 3.63) is 59.6 Å². The molecule has 0 saturated carbocycles. The lowest BCUT2D eigenvalue weighted by atomic mass is 10.1. The Bertz CT molecular complexity index is 1070. The smallest absolute Gasteiger partial charge is 0.243 e. The van der Waals surface area contributed by atoms with E-state index in [0.29, 0.717) is 18.0 Å². The van der Waals surface area contributed by atoms with Gasteiger partial charge in [-0.1, -0.05) is 29.4 Å². The second-order valence-corrected chi connectivity index (χ2v) is 7.82. The number of aromatic nitrogens is 3. The van der Waals surface area contributed by atoms with Crippen molar-refractivity contribution in [3.8, 4) is 11.3 Å². The number of amides is 2. The molecule has 1 aliphatic rings. The number of hydrogen-bond acceptors (Lipinski definition) is 6. The first kappa shape index (κ1) is 20.8. The molecular formula is C22H25N5O4. The highest BCUT2D eigenvalue weighted by Crippen LogP contribution is 2.21. The third kappa shape index (κ3) is 4.66. The number of likely N-dealkylation sites (tertiary alicyclic amines) is 1. The van der Waals surface area contributed by atoms with Crippen LogP contribution in [0.2, 0.25) is 0 Å². The van der Waals surface area contributed by atoms with E-state index in [1.54, 1.807) is 23.9 Å². The van der Waals surface area contributed by atoms with Crippen LogP contribution in [0, 0.1) is 6.92 Å². The molecule has 2 N–H and O–H groups in total. The average Bonchev–Trinajstić information content (AvgIpc) is 3.46. The minimum Gasteiger partial charge on any atom is -0.391 e. The van der Waals surface area contributed by atoms with Crippen molar-refractivity contribution >= 4 is 11.8 Å². The number of aliphatic hydroxyl groups is 1. The summed E-state index contributed by atoms with van der Waals surface area (Å²) in [6.07, 6.45) is 1.24. The highest BCUT2D eigenvalue weighted by Gasteiger charge is 2.38. The van der Waals surface area contributed by atoms with Crippen molar-refractivity contribution in [2.24, 2.45) is 7.05 Å². The average molecular weight is 423 g/mol. The summed E-state index contributed by atoms with van der Waals surface area (Å²) < 4.78 is 6.90. The third-order valence-electron chi connectivity index (χ3n) is 5.44. The number of aryl methyl sites for hydroxylation is 2. The van der Waals surface area contributed by atoms with E-state index in [-0.39, 0.29) is 31.2 Å². The van der Waals surface area contributed by atoms with E-state index < -0.39 is 12.1 Å². The maximum absolute atomic E-state index is 12.8. The van der Waals surface area contributed by atoms with Crippen LogP contribution < -0.4 is 5.32 Å². The largest absolute Gasteiger partial charge is 0.391 e. The van der Waals surface area contributed by atoms with Crippen LogP contribution in [0.25, 0.3) is 11.3 Å². The molecule has 1 aliphatic heterocycles. The maximum atomic E-state index is 12.8. The first-order chi connectivity index (χ1) is 14.9. The van der Waals surface area contributed by atoms with Crippen molar-refractivity contribution in [2.75, 3.05) is 6.54 Å². The Balaban J connectivity index is 1.36. The first-order valence-electron chi connectivity index (χ1n) is 10.2. The molecule has 0 bridgehead atoms. The van der Waals surface area contributed by atoms with Crippen molar-refractivity contribution in [1.82, 2.24) is 25.2 Å². The van der Waals surface area contributed by atoms with Crippen molar-refractivity contribution < 1.29 is 19.2 Å². The Hall–Kier alpha value is -3.46. The van der Waals surface area contributed by atoms with E-state index in [2.05, 4.69) is 15.6 Å². The molecule has 2 aromatic heterocycles. The van der Waals surface area contributed by atoms with Gasteiger partial charge in [0.05, 0.1) is 23.9 Å². The van der Waals surface area contributed by atoms with Crippen LogP contribution >= 0.6 is 0 Å². The van der Waals surface area contributed by atoms with Crippen LogP contribution in [0.3, 0.4) is 0 Å². The quantitative estimate of drug-likeness (QED) is 0.616. The SMILES string of the molecule is Cc1cc(CC(=O)N2C[C@H](O)C[C@H]2C(=O)NCc2ccc(-c3ccnn3C)cc2)on1. The molecule has 2 amide bonds. The third-order valence-corrected chi connectivity index (χ3v) is 5.44. The Morgan fingerprint density at radius 1 is 1.26 bits per heavy atom. The minimum absolute atomic E-state index is 0.00676. The van der Waals surface area contributed by atoms with Crippen molar-refractivity contribution in [1.29, 1.82) is 0 Å². The Morgan fingerprint density at radius 2 is 2.03 bits per heavy atom. The number of carbonyl (C=O) groups excluding carboxylic acids is 2. The van der Waals surface area contributed by atoms with Gasteiger partial charge >= 0.3 is 0 Å². The summed E-state index contributed by atoms with van der Waals surface area (Å²) in [6.45, 7) is 2.24. The lowest BCUT2D eigenvalue weighted by molar-refractivity contribution is -0.138. The fraction of sp³-hybridized carbons (Fsp3) is 0.364. The van der Waals surface area contributed by atoms with Gasteiger partial charge in [-0.3, -0.25) is 14.3 Å². The second-order valence-electron chi connectivity index (χ2n) is 7.82. The van der Waals surface area contributed by atoms with Crippen molar-refractivity contribution in [3.63, 3.8) is 0 Å². The molecule has 3 aromatic rings. The zero-order chi connectivity index (χ0) is 22.0. The summed E-state index contributed by atoms with van der Waals surface area (Å²) in [4.78, 5) is 26.9. The van der Waals surface area contributed by atoms with Crippen LogP contribution in [0.5, 0.6) is 0 Å². The van der Waals surface area contributed by atoms with Gasteiger partial charge in [-0.05, 0) is 24.1 Å². The number of nitrogens with one attached hydrogen (secondary N) is 1. The van der Waals surface area contributed by atoms with E-state index in [9.17, 15) is 14.7 Å². The Kier molecular flexibility index (Phi) is 5.85. The molecule has 1 aromatic carbocycles. The van der Waals surface area contributed by atoms with Crippen LogP contribution in [0.4, 0.5) is 0 Å². The minimum atomic E-state index is -0.727. The molecule has 0 radical (unpaired) electrons. The summed E-state index contributed by atoms with van der Waals surface area (Å²) in [5.41, 5.74) is 3.67. The van der Waals surface area contributed by atoms with Crippen LogP contribution in [-0.2, 0) is 29.6 Å². The Morgan fingerprint density at radius 3 is 2.68 bits per heavy atom. The van der Waals surface area contributed by atoms with E-state index in [1.165, 1.54) is 4.90 Å². The van der Waals surface area contributed by atoms with Gasteiger partial charge < -0.3 is 19.8 Å². The lowest BCUT2D eigenvalue weighted by Gasteiger charge is -2.23. The van der Waals surface area contributed by atoms with Crippen LogP contribution in [-0.4, -0.2) is 55.4 Å². The molecule has 162 valence electrons. The summed E-state index contributed by atoms with van der Waals surface area (Å²) >= 11 is 0. The second kappa shape index (κ2) is 8.73. The van der Waals surface area contributed by atoms with Gasteiger partial charge in [-0.2, -0.15) is 5.10 Å². The van der Waals surface area contributed by atoms with Crippen LogP contribution in [0.15, 0.2) is 47.1 Å². The van der Waals surface area contributed by atoms with Gasteiger partial charge in [-0.25, -0.2) is 0 Å². The van der Waals surface area contributed by atoms with E-state index in [4.69, 9.17) is 4.52 Å². The zero-order valence-electron chi connectivity index (χ0n) is 17.5. The predicted molar refractivity (Wildman–Crippen MR) is 112 cm³/mol. The number of hydrogen-bond donors (Lipinski definition) is 2. The molecule has 1 saturated heterocycles. The predicted octanol–water partition coefficient (Wildman–Crippen LogP) is 1.20. The molecule has 31 heavy (non-hydrogen) atoms. The molecule has 9 nitrogen and oxygen atoms in total. The van der Waals surface area contributed by atoms with E-state index in [1.807, 2.05) is 37.4 Å². The summed E-state index contributed by atoms with van der Waals surface area (Å²) in [7, 11) is 1.89. The lowest BCUT2D eigenvalue weighted by Crippen LogP contribution is -2.46. The van der Waals surface area contributed by atoms with Crippen LogP contribution in [0.1, 0.15) is 23.4 Å². The molecule has 0 unspecified atom stereocenters. The Labute approximate surface area is 179 Å². The maximum Gasteiger partial charge on any atom is 0.243 e. The number of β-amino-alcohol motifs (C(OH)–C–C–N with tert-alkyl or cyclic N) is 1. The summed E-state index contributed by atoms with van der Waals surface area (Å²) in [5, 5.41) is 20.9. The highest BCUT2D eigenvalue weighted by atomic mass is 16.5. The molecule has 1 fully saturated rings. The summed E-state index contributed by atoms with van der Waals surface area (Å²) in [6, 6.07) is 10.8.